The first-order chi connectivity index (χ1) is 13.6. The SMILES string of the molecule is CCOc1ncccc1NC(=O)c1cc2c(OCC)cc3c(c2[nH]1)O[C@@H](C)C3. The zero-order valence-electron chi connectivity index (χ0n) is 16.2. The second-order valence-corrected chi connectivity index (χ2v) is 6.64. The number of hydrogen-bond donors (Lipinski definition) is 2. The molecule has 0 fully saturated rings. The molecule has 1 atom stereocenters. The molecule has 0 aliphatic carbocycles. The molecule has 0 spiro atoms. The van der Waals surface area contributed by atoms with E-state index in [1.54, 1.807) is 24.4 Å². The van der Waals surface area contributed by atoms with Crippen molar-refractivity contribution in [3.8, 4) is 17.4 Å². The van der Waals surface area contributed by atoms with Gasteiger partial charge in [-0.2, -0.15) is 0 Å². The van der Waals surface area contributed by atoms with Crippen LogP contribution in [0.4, 0.5) is 5.69 Å². The Balaban J connectivity index is 1.71. The number of rotatable bonds is 6. The summed E-state index contributed by atoms with van der Waals surface area (Å²) in [6.07, 6.45) is 2.54. The molecule has 7 heteroatoms. The minimum atomic E-state index is -0.285. The van der Waals surface area contributed by atoms with Crippen LogP contribution in [0.15, 0.2) is 30.5 Å². The van der Waals surface area contributed by atoms with Gasteiger partial charge in [-0.3, -0.25) is 4.79 Å². The number of carbonyl (C=O) groups excluding carboxylic acids is 1. The fraction of sp³-hybridized carbons (Fsp3) is 0.333. The molecule has 1 aromatic carbocycles. The third-order valence-electron chi connectivity index (χ3n) is 4.58. The number of H-pyrrole nitrogens is 1. The molecule has 1 aliphatic heterocycles. The second kappa shape index (κ2) is 7.42. The van der Waals surface area contributed by atoms with E-state index in [9.17, 15) is 4.79 Å². The Kier molecular flexibility index (Phi) is 4.81. The lowest BCUT2D eigenvalue weighted by atomic mass is 10.1. The number of aromatic nitrogens is 2. The summed E-state index contributed by atoms with van der Waals surface area (Å²) in [5, 5.41) is 3.69. The molecule has 3 heterocycles. The van der Waals surface area contributed by atoms with Crippen molar-refractivity contribution in [1.82, 2.24) is 9.97 Å². The number of carbonyl (C=O) groups is 1. The van der Waals surface area contributed by atoms with Crippen LogP contribution >= 0.6 is 0 Å². The van der Waals surface area contributed by atoms with E-state index < -0.39 is 0 Å². The zero-order valence-corrected chi connectivity index (χ0v) is 16.2. The summed E-state index contributed by atoms with van der Waals surface area (Å²) in [4.78, 5) is 20.2. The Bertz CT molecular complexity index is 1030. The second-order valence-electron chi connectivity index (χ2n) is 6.64. The van der Waals surface area contributed by atoms with Gasteiger partial charge in [0, 0.05) is 23.6 Å². The molecule has 1 amide bonds. The lowest BCUT2D eigenvalue weighted by Gasteiger charge is -2.09. The zero-order chi connectivity index (χ0) is 19.7. The summed E-state index contributed by atoms with van der Waals surface area (Å²) in [7, 11) is 0. The maximum atomic E-state index is 12.9. The van der Waals surface area contributed by atoms with Gasteiger partial charge in [-0.25, -0.2) is 4.98 Å². The number of aromatic amines is 1. The predicted molar refractivity (Wildman–Crippen MR) is 107 cm³/mol. The molecule has 0 saturated heterocycles. The highest BCUT2D eigenvalue weighted by Crippen LogP contribution is 2.41. The van der Waals surface area contributed by atoms with Gasteiger partial charge in [0.1, 0.15) is 29.0 Å². The van der Waals surface area contributed by atoms with E-state index in [1.807, 2.05) is 26.8 Å². The molecule has 1 aliphatic rings. The van der Waals surface area contributed by atoms with Gasteiger partial charge in [0.2, 0.25) is 5.88 Å². The van der Waals surface area contributed by atoms with Crippen LogP contribution < -0.4 is 19.5 Å². The molecule has 0 bridgehead atoms. The van der Waals surface area contributed by atoms with E-state index in [4.69, 9.17) is 14.2 Å². The van der Waals surface area contributed by atoms with Crippen molar-refractivity contribution >= 4 is 22.5 Å². The quantitative estimate of drug-likeness (QED) is 0.676. The number of pyridine rings is 1. The van der Waals surface area contributed by atoms with Crippen LogP contribution in [0.3, 0.4) is 0 Å². The molecule has 0 unspecified atom stereocenters. The summed E-state index contributed by atoms with van der Waals surface area (Å²) >= 11 is 0. The van der Waals surface area contributed by atoms with E-state index in [0.29, 0.717) is 30.5 Å². The summed E-state index contributed by atoms with van der Waals surface area (Å²) in [6.45, 7) is 6.85. The molecule has 7 nitrogen and oxygen atoms in total. The third kappa shape index (κ3) is 3.24. The molecular formula is C21H23N3O4. The third-order valence-corrected chi connectivity index (χ3v) is 4.58. The van der Waals surface area contributed by atoms with Crippen molar-refractivity contribution in [3.05, 3.63) is 41.7 Å². The van der Waals surface area contributed by atoms with E-state index in [2.05, 4.69) is 15.3 Å². The minimum absolute atomic E-state index is 0.0970. The molecule has 3 aromatic rings. The number of nitrogens with zero attached hydrogens (tertiary/aromatic N) is 1. The van der Waals surface area contributed by atoms with Crippen molar-refractivity contribution in [3.63, 3.8) is 0 Å². The number of amides is 1. The highest BCUT2D eigenvalue weighted by atomic mass is 16.5. The maximum Gasteiger partial charge on any atom is 0.272 e. The van der Waals surface area contributed by atoms with Gasteiger partial charge in [-0.05, 0) is 45.0 Å². The standard InChI is InChI=1S/C21H23N3O4/c1-4-26-17-10-13-9-12(3)28-19(13)18-14(17)11-16(23-18)20(25)24-15-7-6-8-22-21(15)27-5-2/h6-8,10-12,23H,4-5,9H2,1-3H3,(H,24,25)/t12-/m0/s1. The Morgan fingerprint density at radius 1 is 1.32 bits per heavy atom. The van der Waals surface area contributed by atoms with E-state index >= 15 is 0 Å². The van der Waals surface area contributed by atoms with Crippen molar-refractivity contribution in [1.29, 1.82) is 0 Å². The molecular weight excluding hydrogens is 358 g/mol. The molecule has 146 valence electrons. The smallest absolute Gasteiger partial charge is 0.272 e. The van der Waals surface area contributed by atoms with Crippen molar-refractivity contribution in [2.75, 3.05) is 18.5 Å². The first-order valence-electron chi connectivity index (χ1n) is 9.47. The first-order valence-corrected chi connectivity index (χ1v) is 9.47. The molecule has 0 saturated carbocycles. The van der Waals surface area contributed by atoms with E-state index in [0.717, 1.165) is 34.4 Å². The van der Waals surface area contributed by atoms with Crippen molar-refractivity contribution < 1.29 is 19.0 Å². The average molecular weight is 381 g/mol. The van der Waals surface area contributed by atoms with Crippen LogP contribution in [0.1, 0.15) is 36.8 Å². The van der Waals surface area contributed by atoms with Gasteiger partial charge in [0.05, 0.1) is 18.7 Å². The van der Waals surface area contributed by atoms with Gasteiger partial charge in [-0.15, -0.1) is 0 Å². The largest absolute Gasteiger partial charge is 0.493 e. The topological polar surface area (TPSA) is 85.5 Å². The van der Waals surface area contributed by atoms with Gasteiger partial charge in [-0.1, -0.05) is 0 Å². The number of hydrogen-bond acceptors (Lipinski definition) is 5. The normalized spacial score (nSPS) is 15.2. The van der Waals surface area contributed by atoms with Crippen LogP contribution in [0, 0.1) is 0 Å². The summed E-state index contributed by atoms with van der Waals surface area (Å²) in [5.74, 6) is 1.65. The lowest BCUT2D eigenvalue weighted by Crippen LogP contribution is -2.13. The van der Waals surface area contributed by atoms with Crippen molar-refractivity contribution in [2.45, 2.75) is 33.3 Å². The summed E-state index contributed by atoms with van der Waals surface area (Å²) < 4.78 is 17.3. The summed E-state index contributed by atoms with van der Waals surface area (Å²) in [5.41, 5.74) is 2.81. The summed E-state index contributed by atoms with van der Waals surface area (Å²) in [6, 6.07) is 7.30. The van der Waals surface area contributed by atoms with Crippen LogP contribution in [0.2, 0.25) is 0 Å². The Labute approximate surface area is 163 Å². The van der Waals surface area contributed by atoms with Gasteiger partial charge in [0.25, 0.3) is 5.91 Å². The van der Waals surface area contributed by atoms with Crippen LogP contribution in [-0.2, 0) is 6.42 Å². The molecule has 4 rings (SSSR count). The molecule has 0 radical (unpaired) electrons. The van der Waals surface area contributed by atoms with Gasteiger partial charge < -0.3 is 24.5 Å². The highest BCUT2D eigenvalue weighted by Gasteiger charge is 2.26. The van der Waals surface area contributed by atoms with Crippen LogP contribution in [-0.4, -0.2) is 35.2 Å². The highest BCUT2D eigenvalue weighted by molar-refractivity contribution is 6.08. The number of benzene rings is 1. The maximum absolute atomic E-state index is 12.9. The van der Waals surface area contributed by atoms with Gasteiger partial charge >= 0.3 is 0 Å². The minimum Gasteiger partial charge on any atom is -0.493 e. The van der Waals surface area contributed by atoms with E-state index in [1.165, 1.54) is 0 Å². The monoisotopic (exact) mass is 381 g/mol. The number of nitrogens with one attached hydrogen (secondary N) is 2. The Morgan fingerprint density at radius 2 is 2.14 bits per heavy atom. The van der Waals surface area contributed by atoms with Gasteiger partial charge in [0.15, 0.2) is 0 Å². The van der Waals surface area contributed by atoms with Crippen LogP contribution in [0.25, 0.3) is 10.9 Å². The Morgan fingerprint density at radius 3 is 2.93 bits per heavy atom. The molecule has 28 heavy (non-hydrogen) atoms. The fourth-order valence-electron chi connectivity index (χ4n) is 3.45. The number of anilines is 1. The first kappa shape index (κ1) is 18.2. The molecule has 2 aromatic heterocycles. The number of ether oxygens (including phenoxy) is 3. The molecule has 2 N–H and O–H groups in total. The lowest BCUT2D eigenvalue weighted by molar-refractivity contribution is 0.102. The van der Waals surface area contributed by atoms with Crippen molar-refractivity contribution in [2.24, 2.45) is 0 Å². The number of fused-ring (bicyclic) bond motifs is 3. The fourth-order valence-corrected chi connectivity index (χ4v) is 3.45. The predicted octanol–water partition coefficient (Wildman–Crippen LogP) is 3.94. The Hall–Kier alpha value is -3.22. The van der Waals surface area contributed by atoms with Crippen LogP contribution in [0.5, 0.6) is 17.4 Å². The average Bonchev–Trinajstić information content (AvgIpc) is 3.27. The van der Waals surface area contributed by atoms with E-state index in [-0.39, 0.29) is 12.0 Å².